The van der Waals surface area contributed by atoms with Crippen molar-refractivity contribution in [2.24, 2.45) is 0 Å². The zero-order valence-corrected chi connectivity index (χ0v) is 10.7. The maximum Gasteiger partial charge on any atom is 0.305 e. The molecule has 0 unspecified atom stereocenters. The summed E-state index contributed by atoms with van der Waals surface area (Å²) in [5.74, 6) is -0.123. The molecule has 0 aromatic carbocycles. The van der Waals surface area contributed by atoms with Crippen LogP contribution in [0.5, 0.6) is 0 Å². The van der Waals surface area contributed by atoms with Crippen molar-refractivity contribution in [3.05, 3.63) is 29.6 Å². The Bertz CT molecular complexity index is 424. The van der Waals surface area contributed by atoms with Crippen molar-refractivity contribution in [1.29, 1.82) is 5.26 Å². The number of aromatic nitrogens is 1. The van der Waals surface area contributed by atoms with E-state index >= 15 is 0 Å². The summed E-state index contributed by atoms with van der Waals surface area (Å²) in [6, 6.07) is 7.49. The number of rotatable bonds is 7. The van der Waals surface area contributed by atoms with Gasteiger partial charge in [-0.2, -0.15) is 5.26 Å². The smallest absolute Gasteiger partial charge is 0.305 e. The topological polar surface area (TPSA) is 63.0 Å². The molecule has 0 aliphatic heterocycles. The van der Waals surface area contributed by atoms with Crippen molar-refractivity contribution in [3.8, 4) is 6.07 Å². The first-order valence-electron chi connectivity index (χ1n) is 6.28. The molecular formula is C14H18N2O2. The van der Waals surface area contributed by atoms with Crippen molar-refractivity contribution in [3.63, 3.8) is 0 Å². The van der Waals surface area contributed by atoms with Crippen LogP contribution in [0.15, 0.2) is 18.2 Å². The molecule has 18 heavy (non-hydrogen) atoms. The lowest BCUT2D eigenvalue weighted by Crippen LogP contribution is -2.03. The van der Waals surface area contributed by atoms with Crippen molar-refractivity contribution in [2.45, 2.75) is 39.0 Å². The van der Waals surface area contributed by atoms with E-state index in [1.54, 1.807) is 6.07 Å². The Labute approximate surface area is 108 Å². The van der Waals surface area contributed by atoms with Crippen LogP contribution < -0.4 is 0 Å². The van der Waals surface area contributed by atoms with Crippen LogP contribution in [-0.4, -0.2) is 17.6 Å². The summed E-state index contributed by atoms with van der Waals surface area (Å²) in [6.07, 6.45) is 4.12. The highest BCUT2D eigenvalue weighted by atomic mass is 16.5. The van der Waals surface area contributed by atoms with E-state index in [2.05, 4.69) is 4.98 Å². The van der Waals surface area contributed by atoms with Crippen molar-refractivity contribution < 1.29 is 9.53 Å². The number of carbonyl (C=O) groups is 1. The third-order valence-corrected chi connectivity index (χ3v) is 2.54. The second kappa shape index (κ2) is 8.24. The van der Waals surface area contributed by atoms with Gasteiger partial charge in [0.1, 0.15) is 11.8 Å². The number of pyridine rings is 1. The third kappa shape index (κ3) is 5.44. The van der Waals surface area contributed by atoms with Gasteiger partial charge in [-0.3, -0.25) is 4.79 Å². The number of esters is 1. The van der Waals surface area contributed by atoms with Gasteiger partial charge in [-0.1, -0.05) is 12.5 Å². The van der Waals surface area contributed by atoms with Gasteiger partial charge in [-0.15, -0.1) is 0 Å². The molecule has 0 spiro atoms. The minimum Gasteiger partial charge on any atom is -0.466 e. The highest BCUT2D eigenvalue weighted by Crippen LogP contribution is 2.07. The van der Waals surface area contributed by atoms with E-state index in [1.165, 1.54) is 0 Å². The number of carbonyl (C=O) groups excluding carboxylic acids is 1. The summed E-state index contributed by atoms with van der Waals surface area (Å²) < 4.78 is 4.85. The molecule has 0 bridgehead atoms. The zero-order valence-electron chi connectivity index (χ0n) is 10.7. The Morgan fingerprint density at radius 3 is 2.94 bits per heavy atom. The molecule has 4 heteroatoms. The van der Waals surface area contributed by atoms with Gasteiger partial charge in [-0.05, 0) is 38.3 Å². The lowest BCUT2D eigenvalue weighted by atomic mass is 10.1. The van der Waals surface area contributed by atoms with E-state index in [4.69, 9.17) is 10.00 Å². The number of nitriles is 1. The van der Waals surface area contributed by atoms with E-state index in [0.29, 0.717) is 18.7 Å². The van der Waals surface area contributed by atoms with E-state index in [9.17, 15) is 4.79 Å². The molecule has 0 fully saturated rings. The number of hydrogen-bond acceptors (Lipinski definition) is 4. The molecule has 1 aromatic heterocycles. The van der Waals surface area contributed by atoms with Gasteiger partial charge in [0, 0.05) is 12.1 Å². The van der Waals surface area contributed by atoms with Crippen LogP contribution in [0.4, 0.5) is 0 Å². The van der Waals surface area contributed by atoms with Gasteiger partial charge >= 0.3 is 5.97 Å². The molecular weight excluding hydrogens is 228 g/mol. The monoisotopic (exact) mass is 246 g/mol. The molecule has 1 rings (SSSR count). The standard InChI is InChI=1S/C14H18N2O2/c1-2-18-14(17)10-5-3-4-7-12-8-6-9-13(11-15)16-12/h6,8-9H,2-5,7,10H2,1H3. The first-order valence-corrected chi connectivity index (χ1v) is 6.28. The molecule has 0 aliphatic rings. The molecule has 0 saturated heterocycles. The molecule has 1 aromatic rings. The SMILES string of the molecule is CCOC(=O)CCCCCc1cccc(C#N)n1. The summed E-state index contributed by atoms with van der Waals surface area (Å²) in [5, 5.41) is 8.72. The van der Waals surface area contributed by atoms with Crippen LogP contribution >= 0.6 is 0 Å². The van der Waals surface area contributed by atoms with Crippen LogP contribution in [-0.2, 0) is 16.0 Å². The van der Waals surface area contributed by atoms with Crippen LogP contribution in [0.2, 0.25) is 0 Å². The maximum atomic E-state index is 11.1. The lowest BCUT2D eigenvalue weighted by molar-refractivity contribution is -0.143. The molecule has 1 heterocycles. The van der Waals surface area contributed by atoms with Crippen LogP contribution in [0.25, 0.3) is 0 Å². The fourth-order valence-corrected chi connectivity index (χ4v) is 1.67. The fourth-order valence-electron chi connectivity index (χ4n) is 1.67. The second-order valence-electron chi connectivity index (χ2n) is 3.99. The summed E-state index contributed by atoms with van der Waals surface area (Å²) >= 11 is 0. The first kappa shape index (κ1) is 14.2. The molecule has 0 amide bonds. The maximum absolute atomic E-state index is 11.1. The van der Waals surface area contributed by atoms with E-state index in [1.807, 2.05) is 25.1 Å². The van der Waals surface area contributed by atoms with Crippen LogP contribution in [0, 0.1) is 11.3 Å². The van der Waals surface area contributed by atoms with Gasteiger partial charge in [0.2, 0.25) is 0 Å². The molecule has 0 radical (unpaired) electrons. The van der Waals surface area contributed by atoms with E-state index < -0.39 is 0 Å². The average molecular weight is 246 g/mol. The molecule has 96 valence electrons. The minimum absolute atomic E-state index is 0.123. The van der Waals surface area contributed by atoms with Gasteiger partial charge in [0.15, 0.2) is 0 Å². The summed E-state index contributed by atoms with van der Waals surface area (Å²) in [7, 11) is 0. The van der Waals surface area contributed by atoms with Crippen molar-refractivity contribution >= 4 is 5.97 Å². The molecule has 0 N–H and O–H groups in total. The van der Waals surface area contributed by atoms with Crippen LogP contribution in [0.3, 0.4) is 0 Å². The van der Waals surface area contributed by atoms with Gasteiger partial charge in [-0.25, -0.2) is 4.98 Å². The Kier molecular flexibility index (Phi) is 6.49. The molecule has 0 saturated carbocycles. The average Bonchev–Trinajstić information content (AvgIpc) is 2.39. The first-order chi connectivity index (χ1) is 8.76. The number of ether oxygens (including phenoxy) is 1. The molecule has 0 atom stereocenters. The number of aryl methyl sites for hydroxylation is 1. The second-order valence-corrected chi connectivity index (χ2v) is 3.99. The Morgan fingerprint density at radius 1 is 1.39 bits per heavy atom. The van der Waals surface area contributed by atoms with E-state index in [0.717, 1.165) is 31.4 Å². The molecule has 4 nitrogen and oxygen atoms in total. The Hall–Kier alpha value is -1.89. The highest BCUT2D eigenvalue weighted by molar-refractivity contribution is 5.69. The predicted molar refractivity (Wildman–Crippen MR) is 67.8 cm³/mol. The minimum atomic E-state index is -0.123. The van der Waals surface area contributed by atoms with Gasteiger partial charge in [0.25, 0.3) is 0 Å². The fraction of sp³-hybridized carbons (Fsp3) is 0.500. The number of nitrogens with zero attached hydrogens (tertiary/aromatic N) is 2. The highest BCUT2D eigenvalue weighted by Gasteiger charge is 2.01. The van der Waals surface area contributed by atoms with Gasteiger partial charge in [0.05, 0.1) is 6.61 Å². The third-order valence-electron chi connectivity index (χ3n) is 2.54. The predicted octanol–water partition coefficient (Wildman–Crippen LogP) is 2.62. The molecule has 0 aliphatic carbocycles. The quantitative estimate of drug-likeness (QED) is 0.548. The summed E-state index contributed by atoms with van der Waals surface area (Å²) in [6.45, 7) is 2.26. The van der Waals surface area contributed by atoms with Crippen LogP contribution in [0.1, 0.15) is 44.0 Å². The van der Waals surface area contributed by atoms with Gasteiger partial charge < -0.3 is 4.74 Å². The van der Waals surface area contributed by atoms with E-state index in [-0.39, 0.29) is 5.97 Å². The van der Waals surface area contributed by atoms with Crippen molar-refractivity contribution in [2.75, 3.05) is 6.61 Å². The summed E-state index contributed by atoms with van der Waals surface area (Å²) in [5.41, 5.74) is 1.39. The van der Waals surface area contributed by atoms with Crippen molar-refractivity contribution in [1.82, 2.24) is 4.98 Å². The Morgan fingerprint density at radius 2 is 2.22 bits per heavy atom. The largest absolute Gasteiger partial charge is 0.466 e. The number of unbranched alkanes of at least 4 members (excludes halogenated alkanes) is 2. The summed E-state index contributed by atoms with van der Waals surface area (Å²) in [4.78, 5) is 15.3. The lowest BCUT2D eigenvalue weighted by Gasteiger charge is -2.02. The number of hydrogen-bond donors (Lipinski definition) is 0. The zero-order chi connectivity index (χ0) is 13.2. The normalized spacial score (nSPS) is 9.78. The Balaban J connectivity index is 2.18.